The predicted octanol–water partition coefficient (Wildman–Crippen LogP) is 3.02. The Hall–Kier alpha value is -1.68. The Kier molecular flexibility index (Phi) is 3.82. The summed E-state index contributed by atoms with van der Waals surface area (Å²) in [6.07, 6.45) is 0.992. The second kappa shape index (κ2) is 5.14. The molecule has 0 fully saturated rings. The Morgan fingerprint density at radius 2 is 2.00 bits per heavy atom. The summed E-state index contributed by atoms with van der Waals surface area (Å²) in [5.41, 5.74) is 0.413. The minimum Gasteiger partial charge on any atom is -0.513 e. The van der Waals surface area contributed by atoms with E-state index in [1.54, 1.807) is 24.3 Å². The van der Waals surface area contributed by atoms with Crippen LogP contribution in [-0.2, 0) is 4.79 Å². The molecule has 0 spiro atoms. The highest BCUT2D eigenvalue weighted by Crippen LogP contribution is 2.16. The van der Waals surface area contributed by atoms with Crippen LogP contribution in [0.25, 0.3) is 0 Å². The normalized spacial score (nSPS) is 11.9. The molecule has 1 N–H and O–H groups in total. The van der Waals surface area contributed by atoms with E-state index in [-0.39, 0.29) is 5.70 Å². The minimum absolute atomic E-state index is 0.139. The maximum absolute atomic E-state index is 10.2. The molecule has 0 unspecified atom stereocenters. The van der Waals surface area contributed by atoms with Gasteiger partial charge in [0.25, 0.3) is 0 Å². The summed E-state index contributed by atoms with van der Waals surface area (Å²) >= 11 is 5.65. The second-order valence-electron chi connectivity index (χ2n) is 2.35. The minimum atomic E-state index is -0.139. The van der Waals surface area contributed by atoms with Crippen LogP contribution in [0.1, 0.15) is 0 Å². The predicted molar refractivity (Wildman–Crippen MR) is 52.7 cm³/mol. The van der Waals surface area contributed by atoms with Crippen molar-refractivity contribution in [2.45, 2.75) is 0 Å². The van der Waals surface area contributed by atoms with E-state index in [0.29, 0.717) is 23.3 Å². The van der Waals surface area contributed by atoms with Crippen molar-refractivity contribution in [1.82, 2.24) is 0 Å². The zero-order valence-electron chi connectivity index (χ0n) is 7.09. The number of hydrogen-bond donors (Lipinski definition) is 1. The lowest BCUT2D eigenvalue weighted by molar-refractivity contribution is -0.105. The molecule has 1 rings (SSSR count). The number of aldehydes is 1. The lowest BCUT2D eigenvalue weighted by atomic mass is 10.3. The Morgan fingerprint density at radius 1 is 1.36 bits per heavy atom. The summed E-state index contributed by atoms with van der Waals surface area (Å²) in [5, 5.41) is 16.3. The molecule has 5 heteroatoms. The van der Waals surface area contributed by atoms with Crippen LogP contribution in [0.4, 0.5) is 5.69 Å². The van der Waals surface area contributed by atoms with Crippen LogP contribution < -0.4 is 0 Å². The zero-order chi connectivity index (χ0) is 10.4. The molecule has 0 heterocycles. The number of halogens is 1. The SMILES string of the molecule is O=C/C(=C\O)N=Nc1ccc(Cl)cc1. The van der Waals surface area contributed by atoms with Crippen LogP contribution in [0.2, 0.25) is 5.02 Å². The molecule has 4 nitrogen and oxygen atoms in total. The fourth-order valence-electron chi connectivity index (χ4n) is 0.703. The third kappa shape index (κ3) is 2.99. The van der Waals surface area contributed by atoms with Gasteiger partial charge in [0.1, 0.15) is 6.26 Å². The van der Waals surface area contributed by atoms with Gasteiger partial charge in [-0.2, -0.15) is 5.11 Å². The van der Waals surface area contributed by atoms with E-state index < -0.39 is 0 Å². The largest absolute Gasteiger partial charge is 0.513 e. The molecular weight excluding hydrogens is 204 g/mol. The van der Waals surface area contributed by atoms with E-state index in [1.807, 2.05) is 0 Å². The summed E-state index contributed by atoms with van der Waals surface area (Å²) in [4.78, 5) is 10.2. The third-order valence-corrected chi connectivity index (χ3v) is 1.61. The first-order valence-electron chi connectivity index (χ1n) is 3.73. The number of azo groups is 1. The average Bonchev–Trinajstić information content (AvgIpc) is 2.22. The van der Waals surface area contributed by atoms with Crippen LogP contribution in [0, 0.1) is 0 Å². The molecule has 1 aromatic rings. The molecule has 0 atom stereocenters. The summed E-state index contributed by atoms with van der Waals surface area (Å²) in [5.74, 6) is 0. The standard InChI is InChI=1S/C9H7ClN2O2/c10-7-1-3-8(4-2-7)11-12-9(5-13)6-14/h1-6,13H/b9-5+,12-11?. The van der Waals surface area contributed by atoms with Crippen LogP contribution in [0.15, 0.2) is 46.5 Å². The molecule has 0 aliphatic rings. The Bertz CT molecular complexity index is 371. The molecular formula is C9H7ClN2O2. The van der Waals surface area contributed by atoms with Crippen molar-refractivity contribution >= 4 is 23.6 Å². The van der Waals surface area contributed by atoms with Crippen molar-refractivity contribution in [3.05, 3.63) is 41.2 Å². The van der Waals surface area contributed by atoms with Crippen LogP contribution in [0.5, 0.6) is 0 Å². The molecule has 72 valence electrons. The van der Waals surface area contributed by atoms with Crippen LogP contribution in [-0.4, -0.2) is 11.4 Å². The smallest absolute Gasteiger partial charge is 0.173 e. The van der Waals surface area contributed by atoms with Gasteiger partial charge in [-0.3, -0.25) is 4.79 Å². The number of aliphatic hydroxyl groups is 1. The van der Waals surface area contributed by atoms with Crippen LogP contribution >= 0.6 is 11.6 Å². The van der Waals surface area contributed by atoms with Gasteiger partial charge in [-0.05, 0) is 24.3 Å². The number of allylic oxidation sites excluding steroid dienone is 1. The molecule has 0 saturated carbocycles. The molecule has 0 saturated heterocycles. The highest BCUT2D eigenvalue weighted by molar-refractivity contribution is 6.30. The van der Waals surface area contributed by atoms with Gasteiger partial charge in [-0.1, -0.05) is 11.6 Å². The number of carbonyl (C=O) groups excluding carboxylic acids is 1. The van der Waals surface area contributed by atoms with E-state index in [4.69, 9.17) is 16.7 Å². The molecule has 0 aliphatic carbocycles. The lowest BCUT2D eigenvalue weighted by Crippen LogP contribution is -1.76. The quantitative estimate of drug-likeness (QED) is 0.361. The monoisotopic (exact) mass is 210 g/mol. The first-order chi connectivity index (χ1) is 6.76. The lowest BCUT2D eigenvalue weighted by Gasteiger charge is -1.91. The maximum atomic E-state index is 10.2. The van der Waals surface area contributed by atoms with E-state index in [2.05, 4.69) is 10.2 Å². The van der Waals surface area contributed by atoms with Gasteiger partial charge in [0, 0.05) is 5.02 Å². The van der Waals surface area contributed by atoms with Gasteiger partial charge in [-0.25, -0.2) is 0 Å². The molecule has 0 aromatic heterocycles. The Balaban J connectivity index is 2.78. The Morgan fingerprint density at radius 3 is 2.50 bits per heavy atom. The maximum Gasteiger partial charge on any atom is 0.173 e. The van der Waals surface area contributed by atoms with Crippen molar-refractivity contribution in [2.24, 2.45) is 10.2 Å². The number of carbonyl (C=O) groups is 1. The van der Waals surface area contributed by atoms with Gasteiger partial charge in [-0.15, -0.1) is 5.11 Å². The van der Waals surface area contributed by atoms with E-state index >= 15 is 0 Å². The third-order valence-electron chi connectivity index (χ3n) is 1.36. The van der Waals surface area contributed by atoms with Gasteiger partial charge in [0.15, 0.2) is 12.0 Å². The van der Waals surface area contributed by atoms with E-state index in [0.717, 1.165) is 0 Å². The van der Waals surface area contributed by atoms with Crippen molar-refractivity contribution in [3.8, 4) is 0 Å². The molecule has 0 aliphatic heterocycles. The summed E-state index contributed by atoms with van der Waals surface area (Å²) in [7, 11) is 0. The van der Waals surface area contributed by atoms with Crippen molar-refractivity contribution in [3.63, 3.8) is 0 Å². The first kappa shape index (κ1) is 10.4. The molecule has 0 bridgehead atoms. The average molecular weight is 211 g/mol. The fourth-order valence-corrected chi connectivity index (χ4v) is 0.829. The first-order valence-corrected chi connectivity index (χ1v) is 4.11. The van der Waals surface area contributed by atoms with Gasteiger partial charge in [0.05, 0.1) is 5.69 Å². The van der Waals surface area contributed by atoms with E-state index in [9.17, 15) is 4.79 Å². The summed E-state index contributed by atoms with van der Waals surface area (Å²) in [6, 6.07) is 6.59. The highest BCUT2D eigenvalue weighted by atomic mass is 35.5. The van der Waals surface area contributed by atoms with Crippen LogP contribution in [0.3, 0.4) is 0 Å². The number of benzene rings is 1. The zero-order valence-corrected chi connectivity index (χ0v) is 7.85. The highest BCUT2D eigenvalue weighted by Gasteiger charge is 1.92. The van der Waals surface area contributed by atoms with Gasteiger partial charge >= 0.3 is 0 Å². The molecule has 1 aromatic carbocycles. The fraction of sp³-hybridized carbons (Fsp3) is 0. The second-order valence-corrected chi connectivity index (χ2v) is 2.78. The molecule has 14 heavy (non-hydrogen) atoms. The number of nitrogens with zero attached hydrogens (tertiary/aromatic N) is 2. The molecule has 0 radical (unpaired) electrons. The van der Waals surface area contributed by atoms with Gasteiger partial charge < -0.3 is 5.11 Å². The number of hydrogen-bond acceptors (Lipinski definition) is 4. The summed E-state index contributed by atoms with van der Waals surface area (Å²) in [6.45, 7) is 0. The topological polar surface area (TPSA) is 62.0 Å². The molecule has 0 amide bonds. The van der Waals surface area contributed by atoms with Crippen molar-refractivity contribution < 1.29 is 9.90 Å². The van der Waals surface area contributed by atoms with Gasteiger partial charge in [0.2, 0.25) is 0 Å². The van der Waals surface area contributed by atoms with Crippen molar-refractivity contribution in [1.29, 1.82) is 0 Å². The van der Waals surface area contributed by atoms with Crippen molar-refractivity contribution in [2.75, 3.05) is 0 Å². The van der Waals surface area contributed by atoms with E-state index in [1.165, 1.54) is 0 Å². The number of aliphatic hydroxyl groups excluding tert-OH is 1. The summed E-state index contributed by atoms with van der Waals surface area (Å²) < 4.78 is 0. The Labute approximate surface area is 85.5 Å². The number of rotatable bonds is 3.